The Kier molecular flexibility index (Phi) is 8.84. The van der Waals surface area contributed by atoms with E-state index in [0.717, 1.165) is 56.0 Å². The van der Waals surface area contributed by atoms with Gasteiger partial charge in [-0.25, -0.2) is 4.99 Å². The van der Waals surface area contributed by atoms with Gasteiger partial charge in [-0.3, -0.25) is 4.79 Å². The van der Waals surface area contributed by atoms with Crippen molar-refractivity contribution in [2.45, 2.75) is 59.8 Å². The third-order valence-corrected chi connectivity index (χ3v) is 7.10. The van der Waals surface area contributed by atoms with E-state index in [9.17, 15) is 4.79 Å². The lowest BCUT2D eigenvalue weighted by Gasteiger charge is -2.36. The molecule has 0 atom stereocenters. The van der Waals surface area contributed by atoms with Gasteiger partial charge in [0, 0.05) is 42.5 Å². The Bertz CT molecular complexity index is 888. The first-order valence-electron chi connectivity index (χ1n) is 11.7. The summed E-state index contributed by atoms with van der Waals surface area (Å²) in [4.78, 5) is 22.5. The minimum absolute atomic E-state index is 0.0363. The molecule has 4 nitrogen and oxygen atoms in total. The normalized spacial score (nSPS) is 18.0. The number of halogens is 2. The van der Waals surface area contributed by atoms with E-state index in [1.807, 2.05) is 43.0 Å². The molecule has 0 radical (unpaired) electrons. The Morgan fingerprint density at radius 3 is 2.28 bits per heavy atom. The molecule has 174 valence electrons. The maximum absolute atomic E-state index is 13.5. The van der Waals surface area contributed by atoms with Crippen molar-refractivity contribution in [3.05, 3.63) is 51.3 Å². The van der Waals surface area contributed by atoms with E-state index in [1.54, 1.807) is 6.21 Å². The van der Waals surface area contributed by atoms with Crippen LogP contribution in [0.2, 0.25) is 5.02 Å². The van der Waals surface area contributed by atoms with Crippen LogP contribution in [0.3, 0.4) is 0 Å². The predicted molar refractivity (Wildman–Crippen MR) is 137 cm³/mol. The molecule has 3 rings (SSSR count). The first kappa shape index (κ1) is 24.9. The van der Waals surface area contributed by atoms with Crippen LogP contribution in [0.25, 0.3) is 0 Å². The van der Waals surface area contributed by atoms with Gasteiger partial charge in [0.25, 0.3) is 0 Å². The van der Waals surface area contributed by atoms with Crippen LogP contribution in [-0.2, 0) is 4.79 Å². The summed E-state index contributed by atoms with van der Waals surface area (Å²) in [6, 6.07) is 7.66. The number of carbonyl (C=O) groups excluding carboxylic acids is 1. The Morgan fingerprint density at radius 2 is 1.75 bits per heavy atom. The molecule has 1 aromatic carbocycles. The van der Waals surface area contributed by atoms with Crippen LogP contribution in [0.5, 0.6) is 0 Å². The number of piperidine rings is 1. The molecule has 0 bridgehead atoms. The summed E-state index contributed by atoms with van der Waals surface area (Å²) >= 11 is 12.4. The quantitative estimate of drug-likeness (QED) is 0.377. The van der Waals surface area contributed by atoms with Gasteiger partial charge >= 0.3 is 0 Å². The molecule has 0 unspecified atom stereocenters. The fraction of sp³-hybridized carbons (Fsp3) is 0.538. The van der Waals surface area contributed by atoms with E-state index in [0.29, 0.717) is 16.0 Å². The molecular formula is C26H35Cl2N3O. The minimum atomic E-state index is 0.0363. The molecule has 0 aromatic heterocycles. The SMILES string of the molecule is CC/C(C)=C(/N=C\C(Cl)=C(C)C)N1CCC(C(=O)N(CC2CC2)c2ccc(Cl)cc2)CC1. The van der Waals surface area contributed by atoms with Gasteiger partial charge in [0.05, 0.1) is 5.03 Å². The number of carbonyl (C=O) groups is 1. The van der Waals surface area contributed by atoms with Crippen molar-refractivity contribution < 1.29 is 4.79 Å². The number of hydrogen-bond donors (Lipinski definition) is 0. The maximum Gasteiger partial charge on any atom is 0.230 e. The van der Waals surface area contributed by atoms with Crippen molar-refractivity contribution in [1.82, 2.24) is 4.90 Å². The van der Waals surface area contributed by atoms with Crippen LogP contribution in [0.15, 0.2) is 51.3 Å². The highest BCUT2D eigenvalue weighted by atomic mass is 35.5. The van der Waals surface area contributed by atoms with E-state index >= 15 is 0 Å². The van der Waals surface area contributed by atoms with E-state index in [1.165, 1.54) is 18.4 Å². The van der Waals surface area contributed by atoms with Gasteiger partial charge < -0.3 is 9.80 Å². The standard InChI is InChI=1S/C26H35Cl2N3O/c1-5-19(4)25(29-16-24(28)18(2)3)30-14-12-21(13-15-30)26(32)31(17-20-6-7-20)23-10-8-22(27)9-11-23/h8-11,16,20-21H,5-7,12-15,17H2,1-4H3/b25-19-,29-16-. The summed E-state index contributed by atoms with van der Waals surface area (Å²) in [5.41, 5.74) is 3.24. The van der Waals surface area contributed by atoms with Gasteiger partial charge in [-0.15, -0.1) is 0 Å². The number of benzene rings is 1. The molecule has 32 heavy (non-hydrogen) atoms. The van der Waals surface area contributed by atoms with Crippen LogP contribution in [0.4, 0.5) is 5.69 Å². The first-order chi connectivity index (χ1) is 15.3. The van der Waals surface area contributed by atoms with Gasteiger partial charge in [0.1, 0.15) is 5.82 Å². The summed E-state index contributed by atoms with van der Waals surface area (Å²) in [5.74, 6) is 1.90. The van der Waals surface area contributed by atoms with Gasteiger partial charge in [-0.05, 0) is 88.6 Å². The third-order valence-electron chi connectivity index (χ3n) is 6.38. The first-order valence-corrected chi connectivity index (χ1v) is 12.4. The molecule has 0 spiro atoms. The number of hydrogen-bond acceptors (Lipinski definition) is 3. The Morgan fingerprint density at radius 1 is 1.12 bits per heavy atom. The summed E-state index contributed by atoms with van der Waals surface area (Å²) < 4.78 is 0. The molecular weight excluding hydrogens is 441 g/mol. The van der Waals surface area contributed by atoms with Crippen molar-refractivity contribution in [1.29, 1.82) is 0 Å². The number of anilines is 1. The zero-order valence-electron chi connectivity index (χ0n) is 19.7. The average molecular weight is 476 g/mol. The highest BCUT2D eigenvalue weighted by Gasteiger charge is 2.33. The van der Waals surface area contributed by atoms with Crippen LogP contribution < -0.4 is 4.90 Å². The lowest BCUT2D eigenvalue weighted by molar-refractivity contribution is -0.123. The topological polar surface area (TPSA) is 35.9 Å². The molecule has 2 fully saturated rings. The molecule has 1 aliphatic heterocycles. The number of likely N-dealkylation sites (tertiary alicyclic amines) is 1. The molecule has 6 heteroatoms. The zero-order valence-corrected chi connectivity index (χ0v) is 21.2. The second-order valence-corrected chi connectivity index (χ2v) is 10.0. The lowest BCUT2D eigenvalue weighted by Crippen LogP contribution is -2.43. The van der Waals surface area contributed by atoms with E-state index in [-0.39, 0.29) is 11.8 Å². The molecule has 1 saturated carbocycles. The van der Waals surface area contributed by atoms with Gasteiger partial charge in [0.15, 0.2) is 0 Å². The molecule has 1 amide bonds. The van der Waals surface area contributed by atoms with Crippen molar-refractivity contribution in [2.24, 2.45) is 16.8 Å². The van der Waals surface area contributed by atoms with Gasteiger partial charge in [0.2, 0.25) is 5.91 Å². The summed E-state index contributed by atoms with van der Waals surface area (Å²) in [7, 11) is 0. The number of amides is 1. The fourth-order valence-corrected chi connectivity index (χ4v) is 4.10. The van der Waals surface area contributed by atoms with Crippen LogP contribution in [0.1, 0.15) is 59.8 Å². The second kappa shape index (κ2) is 11.4. The maximum atomic E-state index is 13.5. The summed E-state index contributed by atoms with van der Waals surface area (Å²) in [5, 5.41) is 1.37. The van der Waals surface area contributed by atoms with Crippen molar-refractivity contribution in [3.63, 3.8) is 0 Å². The van der Waals surface area contributed by atoms with Crippen LogP contribution in [0, 0.1) is 11.8 Å². The highest BCUT2D eigenvalue weighted by molar-refractivity contribution is 6.39. The molecule has 0 N–H and O–H groups in total. The summed E-state index contributed by atoms with van der Waals surface area (Å²) in [6.07, 6.45) is 6.78. The van der Waals surface area contributed by atoms with E-state index in [4.69, 9.17) is 28.2 Å². The Labute approximate surface area is 203 Å². The Balaban J connectivity index is 1.70. The zero-order chi connectivity index (χ0) is 23.3. The monoisotopic (exact) mass is 475 g/mol. The number of rotatable bonds is 8. The predicted octanol–water partition coefficient (Wildman–Crippen LogP) is 7.04. The number of aliphatic imine (C=N–C) groups is 1. The third kappa shape index (κ3) is 6.62. The van der Waals surface area contributed by atoms with E-state index < -0.39 is 0 Å². The highest BCUT2D eigenvalue weighted by Crippen LogP contribution is 2.34. The van der Waals surface area contributed by atoms with Crippen molar-refractivity contribution in [2.75, 3.05) is 24.5 Å². The number of nitrogens with zero attached hydrogens (tertiary/aromatic N) is 3. The molecule has 1 aliphatic carbocycles. The van der Waals surface area contributed by atoms with Crippen LogP contribution >= 0.6 is 23.2 Å². The van der Waals surface area contributed by atoms with Gasteiger partial charge in [-0.2, -0.15) is 0 Å². The largest absolute Gasteiger partial charge is 0.357 e. The number of allylic oxidation sites excluding steroid dienone is 3. The van der Waals surface area contributed by atoms with Crippen LogP contribution in [-0.4, -0.2) is 36.7 Å². The minimum Gasteiger partial charge on any atom is -0.357 e. The van der Waals surface area contributed by atoms with E-state index in [2.05, 4.69) is 18.7 Å². The molecule has 1 heterocycles. The smallest absolute Gasteiger partial charge is 0.230 e. The van der Waals surface area contributed by atoms with Gasteiger partial charge in [-0.1, -0.05) is 35.7 Å². The Hall–Kier alpha value is -1.78. The average Bonchev–Trinajstić information content (AvgIpc) is 3.62. The lowest BCUT2D eigenvalue weighted by atomic mass is 9.94. The molecule has 2 aliphatic rings. The fourth-order valence-electron chi connectivity index (χ4n) is 3.93. The second-order valence-electron chi connectivity index (χ2n) is 9.19. The molecule has 1 aromatic rings. The van der Waals surface area contributed by atoms with Crippen molar-refractivity contribution in [3.8, 4) is 0 Å². The molecule has 1 saturated heterocycles. The van der Waals surface area contributed by atoms with Crippen molar-refractivity contribution >= 4 is 41.0 Å². The summed E-state index contributed by atoms with van der Waals surface area (Å²) in [6.45, 7) is 10.7.